The van der Waals surface area contributed by atoms with E-state index in [-0.39, 0.29) is 12.5 Å². The number of aryl methyl sites for hydroxylation is 1. The largest absolute Gasteiger partial charge is 0.367 e. The van der Waals surface area contributed by atoms with Crippen molar-refractivity contribution < 1.29 is 9.53 Å². The minimum Gasteiger partial charge on any atom is -0.367 e. The van der Waals surface area contributed by atoms with Crippen LogP contribution >= 0.6 is 11.3 Å². The molecule has 0 saturated carbocycles. The van der Waals surface area contributed by atoms with E-state index in [0.29, 0.717) is 6.61 Å². The third-order valence-electron chi connectivity index (χ3n) is 5.40. The van der Waals surface area contributed by atoms with Gasteiger partial charge >= 0.3 is 0 Å². The third kappa shape index (κ3) is 3.88. The summed E-state index contributed by atoms with van der Waals surface area (Å²) in [7, 11) is 0. The third-order valence-corrected chi connectivity index (χ3v) is 6.60. The minimum absolute atomic E-state index is 0.0248. The van der Waals surface area contributed by atoms with Gasteiger partial charge in [-0.15, -0.1) is 11.3 Å². The summed E-state index contributed by atoms with van der Waals surface area (Å²) >= 11 is 1.68. The summed E-state index contributed by atoms with van der Waals surface area (Å²) in [4.78, 5) is 22.2. The number of ether oxygens (including phenoxy) is 1. The van der Waals surface area contributed by atoms with E-state index in [1.54, 1.807) is 11.3 Å². The Bertz CT molecular complexity index is 1150. The van der Waals surface area contributed by atoms with E-state index < -0.39 is 0 Å². The first-order valence-electron chi connectivity index (χ1n) is 10.3. The van der Waals surface area contributed by atoms with Crippen LogP contribution < -0.4 is 5.32 Å². The molecule has 0 aliphatic heterocycles. The second kappa shape index (κ2) is 8.42. The molecular weight excluding hydrogens is 394 g/mol. The number of imidazole rings is 1. The molecule has 5 rings (SSSR count). The van der Waals surface area contributed by atoms with E-state index >= 15 is 0 Å². The van der Waals surface area contributed by atoms with Crippen molar-refractivity contribution in [1.29, 1.82) is 0 Å². The summed E-state index contributed by atoms with van der Waals surface area (Å²) in [6, 6.07) is 17.9. The Morgan fingerprint density at radius 2 is 1.87 bits per heavy atom. The second-order valence-corrected chi connectivity index (χ2v) is 8.65. The Hall–Kier alpha value is -2.96. The van der Waals surface area contributed by atoms with Gasteiger partial charge in [0.05, 0.1) is 23.2 Å². The molecule has 0 radical (unpaired) electrons. The summed E-state index contributed by atoms with van der Waals surface area (Å²) < 4.78 is 5.62. The van der Waals surface area contributed by atoms with Crippen LogP contribution in [0.3, 0.4) is 0 Å². The lowest BCUT2D eigenvalue weighted by Gasteiger charge is -2.12. The van der Waals surface area contributed by atoms with Crippen LogP contribution in [-0.4, -0.2) is 22.5 Å². The van der Waals surface area contributed by atoms with E-state index in [9.17, 15) is 4.79 Å². The zero-order chi connectivity index (χ0) is 20.3. The number of anilines is 1. The predicted octanol–water partition coefficient (Wildman–Crippen LogP) is 5.33. The number of nitrogens with zero attached hydrogens (tertiary/aromatic N) is 1. The fourth-order valence-electron chi connectivity index (χ4n) is 3.97. The average molecular weight is 418 g/mol. The van der Waals surface area contributed by atoms with E-state index in [2.05, 4.69) is 10.3 Å². The van der Waals surface area contributed by atoms with Gasteiger partial charge < -0.3 is 15.0 Å². The summed E-state index contributed by atoms with van der Waals surface area (Å²) in [5, 5.41) is 3.96. The molecule has 1 aliphatic carbocycles. The van der Waals surface area contributed by atoms with Crippen molar-refractivity contribution in [3.63, 3.8) is 0 Å². The molecule has 0 unspecified atom stereocenters. The van der Waals surface area contributed by atoms with Crippen molar-refractivity contribution in [2.24, 2.45) is 0 Å². The number of aromatic amines is 1. The summed E-state index contributed by atoms with van der Waals surface area (Å²) in [6.45, 7) is 0.447. The number of amides is 1. The molecule has 0 bridgehead atoms. The van der Waals surface area contributed by atoms with Crippen molar-refractivity contribution in [3.8, 4) is 11.4 Å². The monoisotopic (exact) mass is 417 g/mol. The van der Waals surface area contributed by atoms with Crippen LogP contribution in [0.15, 0.2) is 54.6 Å². The van der Waals surface area contributed by atoms with E-state index in [0.717, 1.165) is 45.8 Å². The van der Waals surface area contributed by atoms with Crippen molar-refractivity contribution >= 4 is 33.3 Å². The number of aromatic nitrogens is 2. The molecule has 2 aromatic heterocycles. The first-order valence-corrected chi connectivity index (χ1v) is 11.1. The van der Waals surface area contributed by atoms with Gasteiger partial charge in [0, 0.05) is 4.88 Å². The molecule has 6 heteroatoms. The van der Waals surface area contributed by atoms with Gasteiger partial charge in [0.25, 0.3) is 5.91 Å². The molecule has 0 atom stereocenters. The zero-order valence-electron chi connectivity index (χ0n) is 16.6. The van der Waals surface area contributed by atoms with E-state index in [1.807, 2.05) is 54.6 Å². The number of carbonyl (C=O) groups excluding carboxylic acids is 1. The zero-order valence-corrected chi connectivity index (χ0v) is 17.4. The van der Waals surface area contributed by atoms with Crippen molar-refractivity contribution in [2.75, 3.05) is 11.9 Å². The molecule has 2 heterocycles. The normalized spacial score (nSPS) is 13.3. The number of carbonyl (C=O) groups is 1. The number of hydrogen-bond donors (Lipinski definition) is 2. The van der Waals surface area contributed by atoms with Gasteiger partial charge in [-0.05, 0) is 48.9 Å². The topological polar surface area (TPSA) is 67.0 Å². The molecule has 0 spiro atoms. The number of para-hydroxylation sites is 2. The van der Waals surface area contributed by atoms with Gasteiger partial charge in [0.2, 0.25) is 0 Å². The van der Waals surface area contributed by atoms with Gasteiger partial charge in [-0.1, -0.05) is 42.5 Å². The fourth-order valence-corrected chi connectivity index (χ4v) is 5.28. The van der Waals surface area contributed by atoms with Gasteiger partial charge in [-0.3, -0.25) is 4.79 Å². The number of rotatable bonds is 6. The molecule has 1 amide bonds. The quantitative estimate of drug-likeness (QED) is 0.446. The smallest absolute Gasteiger partial charge is 0.251 e. The van der Waals surface area contributed by atoms with Crippen LogP contribution in [-0.2, 0) is 29.0 Å². The van der Waals surface area contributed by atoms with Gasteiger partial charge in [0.1, 0.15) is 17.4 Å². The highest BCUT2D eigenvalue weighted by Gasteiger charge is 2.25. The molecule has 5 nitrogen and oxygen atoms in total. The first kappa shape index (κ1) is 19.0. The molecule has 30 heavy (non-hydrogen) atoms. The lowest BCUT2D eigenvalue weighted by molar-refractivity contribution is -0.120. The van der Waals surface area contributed by atoms with Crippen molar-refractivity contribution in [1.82, 2.24) is 9.97 Å². The summed E-state index contributed by atoms with van der Waals surface area (Å²) in [5.74, 6) is 0.693. The average Bonchev–Trinajstić information content (AvgIpc) is 3.34. The van der Waals surface area contributed by atoms with Crippen molar-refractivity contribution in [2.45, 2.75) is 32.3 Å². The second-order valence-electron chi connectivity index (χ2n) is 7.54. The predicted molar refractivity (Wildman–Crippen MR) is 121 cm³/mol. The Balaban J connectivity index is 1.38. The number of hydrogen-bond acceptors (Lipinski definition) is 4. The Morgan fingerprint density at radius 3 is 2.73 bits per heavy atom. The Morgan fingerprint density at radius 1 is 1.07 bits per heavy atom. The molecule has 2 aromatic carbocycles. The summed E-state index contributed by atoms with van der Waals surface area (Å²) in [6.07, 6.45) is 4.46. The number of benzene rings is 2. The Labute approximate surface area is 179 Å². The lowest BCUT2D eigenvalue weighted by atomic mass is 9.95. The van der Waals surface area contributed by atoms with Crippen molar-refractivity contribution in [3.05, 3.63) is 70.6 Å². The van der Waals surface area contributed by atoms with Gasteiger partial charge in [0.15, 0.2) is 0 Å². The lowest BCUT2D eigenvalue weighted by Crippen LogP contribution is -2.18. The van der Waals surface area contributed by atoms with E-state index in [4.69, 9.17) is 9.72 Å². The summed E-state index contributed by atoms with van der Waals surface area (Å²) in [5.41, 5.74) is 5.37. The van der Waals surface area contributed by atoms with Crippen LogP contribution in [0, 0.1) is 0 Å². The number of thiophene rings is 1. The Kier molecular flexibility index (Phi) is 5.34. The van der Waals surface area contributed by atoms with Crippen LogP contribution in [0.25, 0.3) is 22.4 Å². The first-order chi connectivity index (χ1) is 14.8. The highest BCUT2D eigenvalue weighted by molar-refractivity contribution is 7.17. The number of fused-ring (bicyclic) bond motifs is 2. The van der Waals surface area contributed by atoms with Crippen LogP contribution in [0.4, 0.5) is 5.00 Å². The molecule has 0 saturated heterocycles. The van der Waals surface area contributed by atoms with Crippen LogP contribution in [0.1, 0.15) is 28.8 Å². The van der Waals surface area contributed by atoms with Gasteiger partial charge in [-0.25, -0.2) is 4.98 Å². The van der Waals surface area contributed by atoms with Crippen LogP contribution in [0.2, 0.25) is 0 Å². The standard InChI is InChI=1S/C24H23N3O2S/c28-21(15-29-14-16-8-2-1-3-9-16)27-24-22(17-10-4-7-13-20(17)30-24)23-25-18-11-5-6-12-19(18)26-23/h1-3,5-6,8-9,11-12H,4,7,10,13-15H2,(H,25,26)(H,27,28). The highest BCUT2D eigenvalue weighted by Crippen LogP contribution is 2.43. The minimum atomic E-state index is -0.137. The fraction of sp³-hybridized carbons (Fsp3) is 0.250. The maximum atomic E-state index is 12.6. The molecule has 152 valence electrons. The number of H-pyrrole nitrogens is 1. The molecule has 4 aromatic rings. The molecule has 0 fully saturated rings. The highest BCUT2D eigenvalue weighted by atomic mass is 32.1. The maximum absolute atomic E-state index is 12.6. The SMILES string of the molecule is O=C(COCc1ccccc1)Nc1sc2c(c1-c1nc3ccccc3[nH]1)CCCC2. The maximum Gasteiger partial charge on any atom is 0.251 e. The van der Waals surface area contributed by atoms with E-state index in [1.165, 1.54) is 23.3 Å². The molecule has 2 N–H and O–H groups in total. The van der Waals surface area contributed by atoms with Gasteiger partial charge in [-0.2, -0.15) is 0 Å². The number of nitrogens with one attached hydrogen (secondary N) is 2. The van der Waals surface area contributed by atoms with Crippen LogP contribution in [0.5, 0.6) is 0 Å². The molecular formula is C24H23N3O2S. The molecule has 1 aliphatic rings.